The molecule has 1 aromatic rings. The molecule has 3 fully saturated rings. The maximum atomic E-state index is 13.1. The van der Waals surface area contributed by atoms with Gasteiger partial charge < -0.3 is 9.47 Å². The molecule has 0 bridgehead atoms. The van der Waals surface area contributed by atoms with Gasteiger partial charge in [0.15, 0.2) is 6.29 Å². The average Bonchev–Trinajstić information content (AvgIpc) is 3.26. The van der Waals surface area contributed by atoms with Crippen molar-refractivity contribution in [3.63, 3.8) is 0 Å². The van der Waals surface area contributed by atoms with Gasteiger partial charge >= 0.3 is 0 Å². The Kier molecular flexibility index (Phi) is 7.42. The second-order valence-corrected chi connectivity index (χ2v) is 9.48. The first-order valence-corrected chi connectivity index (χ1v) is 11.7. The van der Waals surface area contributed by atoms with Gasteiger partial charge in [0.2, 0.25) is 0 Å². The highest BCUT2D eigenvalue weighted by Gasteiger charge is 2.26. The Morgan fingerprint density at radius 2 is 1.11 bits per heavy atom. The Balaban J connectivity index is 1.09. The first-order chi connectivity index (χ1) is 13.8. The summed E-state index contributed by atoms with van der Waals surface area (Å²) in [4.78, 5) is 0. The highest BCUT2D eigenvalue weighted by molar-refractivity contribution is 5.20. The van der Waals surface area contributed by atoms with Crippen LogP contribution in [0.3, 0.4) is 0 Å². The number of rotatable bonds is 7. The zero-order valence-corrected chi connectivity index (χ0v) is 17.3. The van der Waals surface area contributed by atoms with Crippen LogP contribution in [0.15, 0.2) is 24.3 Å². The molecule has 3 heteroatoms. The fraction of sp³-hybridized carbons (Fsp3) is 0.760. The lowest BCUT2D eigenvalue weighted by molar-refractivity contribution is -0.0512. The van der Waals surface area contributed by atoms with E-state index in [-0.39, 0.29) is 12.1 Å². The van der Waals surface area contributed by atoms with E-state index in [0.29, 0.717) is 5.92 Å². The van der Waals surface area contributed by atoms with Crippen molar-refractivity contribution in [2.45, 2.75) is 89.3 Å². The first kappa shape index (κ1) is 20.3. The Labute approximate surface area is 170 Å². The third-order valence-electron chi connectivity index (χ3n) is 7.64. The fourth-order valence-corrected chi connectivity index (χ4v) is 5.75. The summed E-state index contributed by atoms with van der Waals surface area (Å²) in [7, 11) is 0. The van der Waals surface area contributed by atoms with E-state index in [2.05, 4.69) is 0 Å². The molecule has 0 aromatic heterocycles. The molecule has 2 saturated carbocycles. The molecule has 2 nitrogen and oxygen atoms in total. The molecular weight excluding hydrogens is 351 g/mol. The summed E-state index contributed by atoms with van der Waals surface area (Å²) in [6.45, 7) is 1.56. The van der Waals surface area contributed by atoms with Gasteiger partial charge in [-0.25, -0.2) is 4.39 Å². The van der Waals surface area contributed by atoms with Gasteiger partial charge in [0.1, 0.15) is 5.82 Å². The molecule has 0 atom stereocenters. The van der Waals surface area contributed by atoms with Gasteiger partial charge in [-0.3, -0.25) is 0 Å². The van der Waals surface area contributed by atoms with E-state index in [0.717, 1.165) is 37.4 Å². The maximum absolute atomic E-state index is 13.1. The van der Waals surface area contributed by atoms with Crippen LogP contribution >= 0.6 is 0 Å². The van der Waals surface area contributed by atoms with Crippen LogP contribution in [0.5, 0.6) is 0 Å². The number of hydrogen-bond donors (Lipinski definition) is 0. The van der Waals surface area contributed by atoms with E-state index in [1.807, 2.05) is 12.1 Å². The molecule has 28 heavy (non-hydrogen) atoms. The molecule has 0 amide bonds. The smallest absolute Gasteiger partial charge is 0.157 e. The van der Waals surface area contributed by atoms with Crippen LogP contribution in [0.2, 0.25) is 0 Å². The normalized spacial score (nSPS) is 31.9. The molecule has 0 N–H and O–H groups in total. The number of hydrogen-bond acceptors (Lipinski definition) is 2. The molecular formula is C25H37FO2. The Hall–Kier alpha value is -0.930. The zero-order valence-electron chi connectivity index (χ0n) is 17.3. The molecule has 1 saturated heterocycles. The Bertz CT molecular complexity index is 565. The first-order valence-electron chi connectivity index (χ1n) is 11.7. The second-order valence-electron chi connectivity index (χ2n) is 9.48. The Morgan fingerprint density at radius 1 is 0.643 bits per heavy atom. The highest BCUT2D eigenvalue weighted by Crippen LogP contribution is 2.40. The quantitative estimate of drug-likeness (QED) is 0.509. The zero-order chi connectivity index (χ0) is 19.2. The minimum Gasteiger partial charge on any atom is -0.350 e. The van der Waals surface area contributed by atoms with E-state index < -0.39 is 0 Å². The number of ether oxygens (including phenoxy) is 2. The van der Waals surface area contributed by atoms with Crippen LogP contribution in [-0.4, -0.2) is 19.5 Å². The second kappa shape index (κ2) is 10.2. The summed E-state index contributed by atoms with van der Waals surface area (Å²) < 4.78 is 24.3. The van der Waals surface area contributed by atoms with Crippen molar-refractivity contribution in [2.24, 2.45) is 17.8 Å². The predicted molar refractivity (Wildman–Crippen MR) is 111 cm³/mol. The van der Waals surface area contributed by atoms with E-state index in [1.165, 1.54) is 76.2 Å². The van der Waals surface area contributed by atoms with Crippen molar-refractivity contribution in [1.82, 2.24) is 0 Å². The van der Waals surface area contributed by atoms with Crippen LogP contribution in [-0.2, 0) is 9.47 Å². The van der Waals surface area contributed by atoms with Gasteiger partial charge in [0, 0.05) is 0 Å². The van der Waals surface area contributed by atoms with Crippen molar-refractivity contribution in [3.8, 4) is 0 Å². The largest absolute Gasteiger partial charge is 0.350 e. The molecule has 156 valence electrons. The molecule has 0 spiro atoms. The van der Waals surface area contributed by atoms with Gasteiger partial charge in [-0.05, 0) is 79.9 Å². The average molecular weight is 389 g/mol. The molecule has 1 aliphatic heterocycles. The van der Waals surface area contributed by atoms with E-state index in [4.69, 9.17) is 9.47 Å². The summed E-state index contributed by atoms with van der Waals surface area (Å²) in [5.74, 6) is 3.32. The third kappa shape index (κ3) is 5.79. The van der Waals surface area contributed by atoms with Crippen molar-refractivity contribution in [2.75, 3.05) is 13.2 Å². The van der Waals surface area contributed by atoms with Gasteiger partial charge in [-0.2, -0.15) is 0 Å². The highest BCUT2D eigenvalue weighted by atomic mass is 19.1. The monoisotopic (exact) mass is 388 g/mol. The third-order valence-corrected chi connectivity index (χ3v) is 7.64. The number of halogens is 1. The summed E-state index contributed by atoms with van der Waals surface area (Å²) in [5, 5.41) is 0. The molecule has 1 heterocycles. The van der Waals surface area contributed by atoms with Crippen LogP contribution < -0.4 is 0 Å². The molecule has 1 aromatic carbocycles. The van der Waals surface area contributed by atoms with E-state index in [1.54, 1.807) is 12.1 Å². The summed E-state index contributed by atoms with van der Waals surface area (Å²) in [6, 6.07) is 7.21. The standard InChI is InChI=1S/C25H37FO2/c26-24-14-12-23(13-15-24)22-10-7-21(8-11-22)6-3-19-1-4-20(5-2-19)9-16-25-27-17-18-28-25/h12-15,19-22,25H,1-11,16-18H2/t19-,20-,21?,22?. The van der Waals surface area contributed by atoms with Gasteiger partial charge in [0.25, 0.3) is 0 Å². The minimum atomic E-state index is -0.118. The van der Waals surface area contributed by atoms with Gasteiger partial charge in [-0.1, -0.05) is 50.7 Å². The van der Waals surface area contributed by atoms with Crippen LogP contribution in [0.4, 0.5) is 4.39 Å². The molecule has 4 rings (SSSR count). The van der Waals surface area contributed by atoms with Crippen LogP contribution in [0, 0.1) is 23.6 Å². The topological polar surface area (TPSA) is 18.5 Å². The minimum absolute atomic E-state index is 0.0859. The Morgan fingerprint density at radius 3 is 1.64 bits per heavy atom. The van der Waals surface area contributed by atoms with Gasteiger partial charge in [0.05, 0.1) is 13.2 Å². The van der Waals surface area contributed by atoms with E-state index >= 15 is 0 Å². The summed E-state index contributed by atoms with van der Waals surface area (Å²) in [5.41, 5.74) is 1.34. The summed E-state index contributed by atoms with van der Waals surface area (Å²) >= 11 is 0. The van der Waals surface area contributed by atoms with Crippen LogP contribution in [0.1, 0.15) is 88.5 Å². The lowest BCUT2D eigenvalue weighted by Crippen LogP contribution is -2.19. The SMILES string of the molecule is Fc1ccc(C2CCC(CC[C@H]3CC[C@H](CCC4OCCO4)CC3)CC2)cc1. The lowest BCUT2D eigenvalue weighted by Gasteiger charge is -2.32. The van der Waals surface area contributed by atoms with Crippen molar-refractivity contribution in [3.05, 3.63) is 35.6 Å². The summed E-state index contributed by atoms with van der Waals surface area (Å²) in [6.07, 6.45) is 16.3. The maximum Gasteiger partial charge on any atom is 0.157 e. The van der Waals surface area contributed by atoms with Crippen molar-refractivity contribution < 1.29 is 13.9 Å². The predicted octanol–water partition coefficient (Wildman–Crippen LogP) is 6.84. The molecule has 0 unspecified atom stereocenters. The number of benzene rings is 1. The van der Waals surface area contributed by atoms with E-state index in [9.17, 15) is 4.39 Å². The van der Waals surface area contributed by atoms with Crippen LogP contribution in [0.25, 0.3) is 0 Å². The molecule has 2 aliphatic carbocycles. The van der Waals surface area contributed by atoms with Crippen molar-refractivity contribution >= 4 is 0 Å². The van der Waals surface area contributed by atoms with Crippen molar-refractivity contribution in [1.29, 1.82) is 0 Å². The fourth-order valence-electron chi connectivity index (χ4n) is 5.75. The lowest BCUT2D eigenvalue weighted by atomic mass is 9.74. The molecule has 3 aliphatic rings. The van der Waals surface area contributed by atoms with Gasteiger partial charge in [-0.15, -0.1) is 0 Å². The molecule has 0 radical (unpaired) electrons.